The highest BCUT2D eigenvalue weighted by Gasteiger charge is 2.13. The number of nitrogens with zero attached hydrogens (tertiary/aromatic N) is 1. The summed E-state index contributed by atoms with van der Waals surface area (Å²) in [6.45, 7) is 3.25. The van der Waals surface area contributed by atoms with E-state index in [0.717, 1.165) is 37.6 Å². The first-order valence-electron chi connectivity index (χ1n) is 11.2. The summed E-state index contributed by atoms with van der Waals surface area (Å²) < 4.78 is 26.6. The van der Waals surface area contributed by atoms with Gasteiger partial charge in [-0.25, -0.2) is 4.79 Å². The SMILES string of the molecule is COC(=O)c1ccc(COc2ccc(/C=C\C(=O)c3ccc(N4CCOCC4)cc3)cc2OC)o1. The van der Waals surface area contributed by atoms with Crippen molar-refractivity contribution in [1.29, 1.82) is 0 Å². The molecule has 0 atom stereocenters. The Kier molecular flexibility index (Phi) is 7.84. The minimum absolute atomic E-state index is 0.0861. The first kappa shape index (κ1) is 24.1. The van der Waals surface area contributed by atoms with Crippen molar-refractivity contribution in [3.63, 3.8) is 0 Å². The Labute approximate surface area is 203 Å². The molecule has 1 aliphatic rings. The molecule has 8 nitrogen and oxygen atoms in total. The number of carbonyl (C=O) groups is 2. The van der Waals surface area contributed by atoms with Crippen LogP contribution in [0.25, 0.3) is 6.08 Å². The highest BCUT2D eigenvalue weighted by atomic mass is 16.5. The topological polar surface area (TPSA) is 87.4 Å². The van der Waals surface area contributed by atoms with Gasteiger partial charge in [-0.2, -0.15) is 0 Å². The molecule has 0 unspecified atom stereocenters. The van der Waals surface area contributed by atoms with Crippen LogP contribution >= 0.6 is 0 Å². The molecule has 0 aliphatic carbocycles. The van der Waals surface area contributed by atoms with E-state index in [0.29, 0.717) is 22.8 Å². The van der Waals surface area contributed by atoms with E-state index in [9.17, 15) is 9.59 Å². The van der Waals surface area contributed by atoms with Crippen molar-refractivity contribution >= 4 is 23.5 Å². The predicted molar refractivity (Wildman–Crippen MR) is 130 cm³/mol. The molecule has 2 heterocycles. The lowest BCUT2D eigenvalue weighted by Crippen LogP contribution is -2.36. The van der Waals surface area contributed by atoms with Crippen molar-refractivity contribution in [2.45, 2.75) is 6.61 Å². The lowest BCUT2D eigenvalue weighted by atomic mass is 10.1. The molecular weight excluding hydrogens is 450 g/mol. The molecule has 0 spiro atoms. The number of furan rings is 1. The maximum atomic E-state index is 12.6. The van der Waals surface area contributed by atoms with Crippen LogP contribution in [0.2, 0.25) is 0 Å². The highest BCUT2D eigenvalue weighted by Crippen LogP contribution is 2.29. The zero-order valence-electron chi connectivity index (χ0n) is 19.7. The van der Waals surface area contributed by atoms with Gasteiger partial charge < -0.3 is 28.3 Å². The first-order valence-corrected chi connectivity index (χ1v) is 11.2. The largest absolute Gasteiger partial charge is 0.493 e. The minimum Gasteiger partial charge on any atom is -0.493 e. The number of morpholine rings is 1. The summed E-state index contributed by atoms with van der Waals surface area (Å²) in [5, 5.41) is 0. The minimum atomic E-state index is -0.549. The summed E-state index contributed by atoms with van der Waals surface area (Å²) in [6, 6.07) is 16.2. The van der Waals surface area contributed by atoms with Gasteiger partial charge in [-0.05, 0) is 60.2 Å². The summed E-state index contributed by atoms with van der Waals surface area (Å²) in [6.07, 6.45) is 3.27. The molecule has 1 aromatic heterocycles. The number of ether oxygens (including phenoxy) is 4. The molecule has 1 saturated heterocycles. The van der Waals surface area contributed by atoms with Crippen LogP contribution in [-0.2, 0) is 16.1 Å². The van der Waals surface area contributed by atoms with Gasteiger partial charge in [0.1, 0.15) is 12.4 Å². The van der Waals surface area contributed by atoms with Gasteiger partial charge in [0.25, 0.3) is 0 Å². The van der Waals surface area contributed by atoms with E-state index in [1.807, 2.05) is 30.3 Å². The number of esters is 1. The van der Waals surface area contributed by atoms with Crippen LogP contribution in [0.1, 0.15) is 32.2 Å². The average molecular weight is 478 g/mol. The summed E-state index contributed by atoms with van der Waals surface area (Å²) in [4.78, 5) is 26.4. The molecule has 182 valence electrons. The molecule has 0 amide bonds. The van der Waals surface area contributed by atoms with Crippen LogP contribution in [0.5, 0.6) is 11.5 Å². The zero-order chi connectivity index (χ0) is 24.6. The van der Waals surface area contributed by atoms with Gasteiger partial charge >= 0.3 is 5.97 Å². The fourth-order valence-electron chi connectivity index (χ4n) is 3.65. The van der Waals surface area contributed by atoms with Crippen molar-refractivity contribution in [2.24, 2.45) is 0 Å². The number of benzene rings is 2. The van der Waals surface area contributed by atoms with Gasteiger partial charge in [-0.3, -0.25) is 4.79 Å². The van der Waals surface area contributed by atoms with Crippen molar-refractivity contribution in [1.82, 2.24) is 0 Å². The number of carbonyl (C=O) groups excluding carboxylic acids is 2. The molecule has 0 N–H and O–H groups in total. The summed E-state index contributed by atoms with van der Waals surface area (Å²) in [5.41, 5.74) is 2.50. The van der Waals surface area contributed by atoms with E-state index in [-0.39, 0.29) is 18.2 Å². The molecular formula is C27H27NO7. The van der Waals surface area contributed by atoms with Gasteiger partial charge in [0, 0.05) is 24.3 Å². The van der Waals surface area contributed by atoms with Crippen molar-refractivity contribution < 1.29 is 33.0 Å². The maximum Gasteiger partial charge on any atom is 0.373 e. The smallest absolute Gasteiger partial charge is 0.373 e. The van der Waals surface area contributed by atoms with E-state index in [1.165, 1.54) is 19.3 Å². The number of ketones is 1. The van der Waals surface area contributed by atoms with Crippen LogP contribution in [0, 0.1) is 0 Å². The number of allylic oxidation sites excluding steroid dienone is 1. The number of anilines is 1. The molecule has 0 radical (unpaired) electrons. The van der Waals surface area contributed by atoms with E-state index < -0.39 is 5.97 Å². The summed E-state index contributed by atoms with van der Waals surface area (Å²) in [5.74, 6) is 0.963. The van der Waals surface area contributed by atoms with Crippen molar-refractivity contribution in [3.05, 3.63) is 83.3 Å². The second-order valence-electron chi connectivity index (χ2n) is 7.80. The summed E-state index contributed by atoms with van der Waals surface area (Å²) in [7, 11) is 2.83. The van der Waals surface area contributed by atoms with Crippen LogP contribution < -0.4 is 14.4 Å². The molecule has 1 fully saturated rings. The van der Waals surface area contributed by atoms with Gasteiger partial charge in [-0.15, -0.1) is 0 Å². The van der Waals surface area contributed by atoms with Crippen molar-refractivity contribution in [2.75, 3.05) is 45.4 Å². The number of methoxy groups -OCH3 is 2. The Morgan fingerprint density at radius 1 is 0.971 bits per heavy atom. The third kappa shape index (κ3) is 6.10. The molecule has 1 aliphatic heterocycles. The Hall–Kier alpha value is -4.04. The molecule has 3 aromatic rings. The molecule has 2 aromatic carbocycles. The fourth-order valence-corrected chi connectivity index (χ4v) is 3.65. The quantitative estimate of drug-likeness (QED) is 0.255. The highest BCUT2D eigenvalue weighted by molar-refractivity contribution is 6.07. The first-order chi connectivity index (χ1) is 17.1. The second-order valence-corrected chi connectivity index (χ2v) is 7.80. The third-order valence-electron chi connectivity index (χ3n) is 5.56. The van der Waals surface area contributed by atoms with Gasteiger partial charge in [0.15, 0.2) is 17.3 Å². The third-order valence-corrected chi connectivity index (χ3v) is 5.56. The van der Waals surface area contributed by atoms with Crippen LogP contribution in [0.4, 0.5) is 5.69 Å². The normalized spacial score (nSPS) is 13.6. The number of hydrogen-bond donors (Lipinski definition) is 0. The molecule has 4 rings (SSSR count). The van der Waals surface area contributed by atoms with Gasteiger partial charge in [-0.1, -0.05) is 12.1 Å². The van der Waals surface area contributed by atoms with E-state index in [4.69, 9.17) is 18.6 Å². The molecule has 35 heavy (non-hydrogen) atoms. The van der Waals surface area contributed by atoms with Crippen LogP contribution in [0.3, 0.4) is 0 Å². The lowest BCUT2D eigenvalue weighted by molar-refractivity contribution is 0.0560. The lowest BCUT2D eigenvalue weighted by Gasteiger charge is -2.28. The second kappa shape index (κ2) is 11.4. The van der Waals surface area contributed by atoms with E-state index in [2.05, 4.69) is 9.64 Å². The summed E-state index contributed by atoms with van der Waals surface area (Å²) >= 11 is 0. The standard InChI is InChI=1S/C27H27NO7/c1-31-26-17-19(4-11-24(26)34-18-22-9-12-25(35-22)27(30)32-2)3-10-23(29)20-5-7-21(8-6-20)28-13-15-33-16-14-28/h3-12,17H,13-16,18H2,1-2H3/b10-3-. The van der Waals surface area contributed by atoms with Crippen LogP contribution in [0.15, 0.2) is 65.1 Å². The molecule has 0 saturated carbocycles. The Bertz CT molecular complexity index is 1190. The predicted octanol–water partition coefficient (Wildman–Crippen LogP) is 4.39. The van der Waals surface area contributed by atoms with Crippen molar-refractivity contribution in [3.8, 4) is 11.5 Å². The van der Waals surface area contributed by atoms with E-state index in [1.54, 1.807) is 31.4 Å². The molecule has 8 heteroatoms. The Morgan fingerprint density at radius 3 is 2.46 bits per heavy atom. The van der Waals surface area contributed by atoms with Gasteiger partial charge in [0.2, 0.25) is 5.76 Å². The van der Waals surface area contributed by atoms with E-state index >= 15 is 0 Å². The Balaban J connectivity index is 1.37. The number of rotatable bonds is 9. The average Bonchev–Trinajstić information content (AvgIpc) is 3.40. The zero-order valence-corrected chi connectivity index (χ0v) is 19.7. The Morgan fingerprint density at radius 2 is 1.74 bits per heavy atom. The monoisotopic (exact) mass is 477 g/mol. The van der Waals surface area contributed by atoms with Crippen LogP contribution in [-0.4, -0.2) is 52.3 Å². The molecule has 0 bridgehead atoms. The van der Waals surface area contributed by atoms with Gasteiger partial charge in [0.05, 0.1) is 27.4 Å². The fraction of sp³-hybridized carbons (Fsp3) is 0.259. The maximum absolute atomic E-state index is 12.6. The number of hydrogen-bond acceptors (Lipinski definition) is 8.